The highest BCUT2D eigenvalue weighted by Crippen LogP contribution is 2.30. The molecule has 1 aliphatic heterocycles. The fourth-order valence-electron chi connectivity index (χ4n) is 4.79. The number of hydrogen-bond acceptors (Lipinski definition) is 5. The molecule has 3 aromatic rings. The third-order valence-electron chi connectivity index (χ3n) is 6.83. The normalized spacial score (nSPS) is 16.2. The van der Waals surface area contributed by atoms with Crippen LogP contribution in [0.15, 0.2) is 71.6 Å². The third-order valence-corrected chi connectivity index (χ3v) is 9.15. The van der Waals surface area contributed by atoms with Gasteiger partial charge >= 0.3 is 5.97 Å². The number of rotatable bonds is 9. The molecular formula is C29H29Cl2N3O6S. The molecule has 12 heteroatoms. The quantitative estimate of drug-likeness (QED) is 0.368. The topological polar surface area (TPSA) is 124 Å². The summed E-state index contributed by atoms with van der Waals surface area (Å²) in [6.07, 6.45) is 0.650. The molecular weight excluding hydrogens is 589 g/mol. The molecule has 2 atom stereocenters. The van der Waals surface area contributed by atoms with Crippen molar-refractivity contribution in [2.75, 3.05) is 20.6 Å². The monoisotopic (exact) mass is 617 g/mol. The first-order valence-electron chi connectivity index (χ1n) is 12.8. The average Bonchev–Trinajstić information content (AvgIpc) is 3.43. The minimum atomic E-state index is -4.11. The van der Waals surface area contributed by atoms with Crippen molar-refractivity contribution in [1.82, 2.24) is 14.5 Å². The van der Waals surface area contributed by atoms with E-state index < -0.39 is 34.0 Å². The molecule has 216 valence electrons. The van der Waals surface area contributed by atoms with Crippen molar-refractivity contribution in [1.29, 1.82) is 0 Å². The molecule has 9 nitrogen and oxygen atoms in total. The summed E-state index contributed by atoms with van der Waals surface area (Å²) in [6.45, 7) is 0.0988. The van der Waals surface area contributed by atoms with Crippen molar-refractivity contribution in [3.8, 4) is 11.1 Å². The standard InChI is InChI=1S/C29H29Cl2N3O6S/c1-33(2)28(36)24-7-4-3-6-23(24)19-11-9-18(10-12-19)14-25(29(37)38)32-27(35)26-8-5-13-34(26)41(39,40)22-16-20(30)15-21(31)17-22/h3-4,6-7,9-12,15-17,25-26H,5,8,13-14H2,1-2H3,(H,32,35)(H,37,38)/t25-,26-/m0/s1. The molecule has 2 amide bonds. The van der Waals surface area contributed by atoms with Gasteiger partial charge in [-0.3, -0.25) is 9.59 Å². The van der Waals surface area contributed by atoms with Gasteiger partial charge in [0, 0.05) is 42.7 Å². The molecule has 0 aromatic heterocycles. The Morgan fingerprint density at radius 3 is 2.27 bits per heavy atom. The van der Waals surface area contributed by atoms with Crippen molar-refractivity contribution in [3.05, 3.63) is 87.9 Å². The van der Waals surface area contributed by atoms with E-state index in [0.29, 0.717) is 17.5 Å². The summed E-state index contributed by atoms with van der Waals surface area (Å²) in [4.78, 5) is 39.2. The molecule has 0 saturated carbocycles. The fourth-order valence-corrected chi connectivity index (χ4v) is 7.17. The first kappa shape index (κ1) is 30.5. The predicted molar refractivity (Wildman–Crippen MR) is 157 cm³/mol. The van der Waals surface area contributed by atoms with Gasteiger partial charge in [-0.15, -0.1) is 0 Å². The van der Waals surface area contributed by atoms with Gasteiger partial charge in [-0.25, -0.2) is 13.2 Å². The second-order valence-corrected chi connectivity index (χ2v) is 12.7. The highest BCUT2D eigenvalue weighted by molar-refractivity contribution is 7.89. The lowest BCUT2D eigenvalue weighted by atomic mass is 9.96. The van der Waals surface area contributed by atoms with Gasteiger partial charge in [0.1, 0.15) is 12.1 Å². The Morgan fingerprint density at radius 1 is 1.02 bits per heavy atom. The van der Waals surface area contributed by atoms with E-state index in [-0.39, 0.29) is 40.2 Å². The van der Waals surface area contributed by atoms with Crippen LogP contribution < -0.4 is 5.32 Å². The average molecular weight is 619 g/mol. The second kappa shape index (κ2) is 12.6. The first-order chi connectivity index (χ1) is 19.4. The second-order valence-electron chi connectivity index (χ2n) is 9.92. The highest BCUT2D eigenvalue weighted by Gasteiger charge is 2.40. The predicted octanol–water partition coefficient (Wildman–Crippen LogP) is 4.33. The lowest BCUT2D eigenvalue weighted by Gasteiger charge is -2.25. The third kappa shape index (κ3) is 6.90. The number of halogens is 2. The maximum absolute atomic E-state index is 13.3. The minimum absolute atomic E-state index is 0.0248. The SMILES string of the molecule is CN(C)C(=O)c1ccccc1-c1ccc(C[C@H](NC(=O)[C@@H]2CCCN2S(=O)(=O)c2cc(Cl)cc(Cl)c2)C(=O)O)cc1. The molecule has 0 spiro atoms. The van der Waals surface area contributed by atoms with Gasteiger partial charge in [-0.2, -0.15) is 4.31 Å². The van der Waals surface area contributed by atoms with Crippen LogP contribution in [0.3, 0.4) is 0 Å². The van der Waals surface area contributed by atoms with E-state index in [9.17, 15) is 27.9 Å². The summed E-state index contributed by atoms with van der Waals surface area (Å²) < 4.78 is 27.7. The van der Waals surface area contributed by atoms with Gasteiger partial charge in [-0.1, -0.05) is 65.7 Å². The Morgan fingerprint density at radius 2 is 1.66 bits per heavy atom. The van der Waals surface area contributed by atoms with E-state index >= 15 is 0 Å². The number of carbonyl (C=O) groups is 3. The zero-order valence-corrected chi connectivity index (χ0v) is 24.7. The molecule has 41 heavy (non-hydrogen) atoms. The van der Waals surface area contributed by atoms with E-state index in [1.807, 2.05) is 12.1 Å². The van der Waals surface area contributed by atoms with Crippen molar-refractivity contribution >= 4 is 51.0 Å². The Labute approximate surface area is 248 Å². The van der Waals surface area contributed by atoms with Gasteiger partial charge in [0.25, 0.3) is 5.91 Å². The lowest BCUT2D eigenvalue weighted by Crippen LogP contribution is -2.51. The van der Waals surface area contributed by atoms with Gasteiger partial charge in [0.15, 0.2) is 0 Å². The van der Waals surface area contributed by atoms with Gasteiger partial charge in [0.2, 0.25) is 15.9 Å². The molecule has 1 fully saturated rings. The van der Waals surface area contributed by atoms with E-state index in [1.165, 1.54) is 23.1 Å². The fraction of sp³-hybridized carbons (Fsp3) is 0.276. The zero-order chi connectivity index (χ0) is 29.9. The molecule has 3 aromatic carbocycles. The van der Waals surface area contributed by atoms with E-state index in [4.69, 9.17) is 23.2 Å². The van der Waals surface area contributed by atoms with Crippen LogP contribution in [-0.4, -0.2) is 73.2 Å². The largest absolute Gasteiger partial charge is 0.480 e. The summed E-state index contributed by atoms with van der Waals surface area (Å²) in [5, 5.41) is 12.7. The Hall–Kier alpha value is -3.44. The number of carboxylic acids is 1. The zero-order valence-electron chi connectivity index (χ0n) is 22.4. The van der Waals surface area contributed by atoms with Crippen molar-refractivity contribution < 1.29 is 27.9 Å². The van der Waals surface area contributed by atoms with Crippen LogP contribution in [-0.2, 0) is 26.0 Å². The summed E-state index contributed by atoms with van der Waals surface area (Å²) in [5.41, 5.74) is 2.70. The number of carbonyl (C=O) groups excluding carboxylic acids is 2. The Balaban J connectivity index is 1.50. The summed E-state index contributed by atoms with van der Waals surface area (Å²) >= 11 is 12.0. The van der Waals surface area contributed by atoms with Gasteiger partial charge in [0.05, 0.1) is 4.90 Å². The number of aliphatic carboxylic acids is 1. The number of carboxylic acid groups (broad SMARTS) is 1. The van der Waals surface area contributed by atoms with Crippen LogP contribution >= 0.6 is 23.2 Å². The lowest BCUT2D eigenvalue weighted by molar-refractivity contribution is -0.142. The van der Waals surface area contributed by atoms with Gasteiger partial charge in [-0.05, 0) is 53.8 Å². The highest BCUT2D eigenvalue weighted by atomic mass is 35.5. The smallest absolute Gasteiger partial charge is 0.326 e. The number of benzene rings is 3. The van der Waals surface area contributed by atoms with E-state index in [2.05, 4.69) is 5.32 Å². The molecule has 4 rings (SSSR count). The molecule has 1 heterocycles. The molecule has 0 unspecified atom stereocenters. The van der Waals surface area contributed by atoms with E-state index in [0.717, 1.165) is 15.4 Å². The molecule has 2 N–H and O–H groups in total. The molecule has 0 bridgehead atoms. The maximum atomic E-state index is 13.3. The molecule has 1 saturated heterocycles. The summed E-state index contributed by atoms with van der Waals surface area (Å²) in [6, 6.07) is 15.8. The molecule has 0 radical (unpaired) electrons. The van der Waals surface area contributed by atoms with Crippen LogP contribution in [0.1, 0.15) is 28.8 Å². The first-order valence-corrected chi connectivity index (χ1v) is 15.0. The van der Waals surface area contributed by atoms with Crippen LogP contribution in [0.2, 0.25) is 10.0 Å². The van der Waals surface area contributed by atoms with Gasteiger partial charge < -0.3 is 15.3 Å². The van der Waals surface area contributed by atoms with Crippen molar-refractivity contribution in [2.45, 2.75) is 36.2 Å². The Kier molecular flexibility index (Phi) is 9.38. The van der Waals surface area contributed by atoms with Crippen LogP contribution in [0, 0.1) is 0 Å². The minimum Gasteiger partial charge on any atom is -0.480 e. The summed E-state index contributed by atoms with van der Waals surface area (Å²) in [7, 11) is -0.757. The van der Waals surface area contributed by atoms with Crippen LogP contribution in [0.4, 0.5) is 0 Å². The number of nitrogens with zero attached hydrogens (tertiary/aromatic N) is 2. The van der Waals surface area contributed by atoms with Crippen molar-refractivity contribution in [3.63, 3.8) is 0 Å². The number of hydrogen-bond donors (Lipinski definition) is 2. The Bertz CT molecular complexity index is 1560. The van der Waals surface area contributed by atoms with Crippen LogP contribution in [0.5, 0.6) is 0 Å². The molecule has 1 aliphatic rings. The maximum Gasteiger partial charge on any atom is 0.326 e. The van der Waals surface area contributed by atoms with E-state index in [1.54, 1.807) is 50.5 Å². The number of nitrogens with one attached hydrogen (secondary N) is 1. The number of sulfonamides is 1. The van der Waals surface area contributed by atoms with Crippen molar-refractivity contribution in [2.24, 2.45) is 0 Å². The summed E-state index contributed by atoms with van der Waals surface area (Å²) in [5.74, 6) is -2.09. The number of amides is 2. The van der Waals surface area contributed by atoms with Crippen LogP contribution in [0.25, 0.3) is 11.1 Å². The molecule has 0 aliphatic carbocycles.